The van der Waals surface area contributed by atoms with Crippen LogP contribution in [0.15, 0.2) is 48.5 Å². The highest BCUT2D eigenvalue weighted by molar-refractivity contribution is 6.01. The van der Waals surface area contributed by atoms with Crippen LogP contribution in [0, 0.1) is 11.2 Å². The SMILES string of the molecule is C[C@H]1CCCN1CC1(COc2nc(N3CC4CCC(C3)N4C(=O)OC(C)(C)C)c3ccc(-c4cc(O)cc5ccccc45)c(F)c3n2)CC1. The van der Waals surface area contributed by atoms with Crippen LogP contribution in [0.25, 0.3) is 32.8 Å². The summed E-state index contributed by atoms with van der Waals surface area (Å²) in [6, 6.07) is 15.3. The summed E-state index contributed by atoms with van der Waals surface area (Å²) in [5, 5.41) is 12.8. The van der Waals surface area contributed by atoms with Crippen molar-refractivity contribution in [3.63, 3.8) is 0 Å². The van der Waals surface area contributed by atoms with Crippen molar-refractivity contribution < 1.29 is 23.8 Å². The molecule has 3 atom stereocenters. The molecule has 1 aromatic heterocycles. The van der Waals surface area contributed by atoms with Gasteiger partial charge in [-0.1, -0.05) is 30.3 Å². The molecule has 2 bridgehead atoms. The van der Waals surface area contributed by atoms with Gasteiger partial charge >= 0.3 is 12.1 Å². The number of phenolic OH excluding ortho intramolecular Hbond substituents is 1. The molecule has 2 unspecified atom stereocenters. The second-order valence-corrected chi connectivity index (χ2v) is 15.8. The number of phenols is 1. The van der Waals surface area contributed by atoms with Gasteiger partial charge in [0.05, 0.1) is 18.7 Å². The van der Waals surface area contributed by atoms with Crippen molar-refractivity contribution in [3.05, 3.63) is 54.3 Å². The lowest BCUT2D eigenvalue weighted by Gasteiger charge is -2.42. The zero-order chi connectivity index (χ0) is 34.1. The predicted molar refractivity (Wildman–Crippen MR) is 189 cm³/mol. The van der Waals surface area contributed by atoms with Crippen LogP contribution in [0.3, 0.4) is 0 Å². The van der Waals surface area contributed by atoms with Gasteiger partial charge in [-0.25, -0.2) is 9.18 Å². The monoisotopic (exact) mass is 667 g/mol. The number of fused-ring (bicyclic) bond motifs is 4. The number of hydrogen-bond acceptors (Lipinski definition) is 8. The molecular weight excluding hydrogens is 621 g/mol. The van der Waals surface area contributed by atoms with Crippen molar-refractivity contribution >= 4 is 33.6 Å². The van der Waals surface area contributed by atoms with Crippen molar-refractivity contribution in [1.82, 2.24) is 19.8 Å². The Labute approximate surface area is 287 Å². The maximum absolute atomic E-state index is 16.9. The third-order valence-corrected chi connectivity index (χ3v) is 11.0. The van der Waals surface area contributed by atoms with Crippen LogP contribution in [0.5, 0.6) is 11.8 Å². The molecule has 8 rings (SSSR count). The first kappa shape index (κ1) is 32.0. The van der Waals surface area contributed by atoms with Crippen molar-refractivity contribution in [2.45, 2.75) is 89.9 Å². The van der Waals surface area contributed by atoms with E-state index < -0.39 is 11.4 Å². The largest absolute Gasteiger partial charge is 0.508 e. The average molecular weight is 668 g/mol. The van der Waals surface area contributed by atoms with Gasteiger partial charge in [0.25, 0.3) is 0 Å². The molecule has 1 saturated carbocycles. The fourth-order valence-electron chi connectivity index (χ4n) is 8.25. The molecule has 1 amide bonds. The number of amides is 1. The molecule has 258 valence electrons. The summed E-state index contributed by atoms with van der Waals surface area (Å²) in [5.74, 6) is 0.204. The van der Waals surface area contributed by atoms with E-state index in [0.29, 0.717) is 48.1 Å². The van der Waals surface area contributed by atoms with Gasteiger partial charge in [-0.15, -0.1) is 0 Å². The van der Waals surface area contributed by atoms with E-state index in [1.165, 1.54) is 12.8 Å². The number of piperazine rings is 1. The summed E-state index contributed by atoms with van der Waals surface area (Å²) in [7, 11) is 0. The number of nitrogens with zero attached hydrogens (tertiary/aromatic N) is 5. The van der Waals surface area contributed by atoms with Crippen molar-refractivity contribution in [2.24, 2.45) is 5.41 Å². The first-order valence-corrected chi connectivity index (χ1v) is 17.8. The highest BCUT2D eigenvalue weighted by atomic mass is 19.1. The Bertz CT molecular complexity index is 1910. The van der Waals surface area contributed by atoms with Crippen LogP contribution in [-0.4, -0.2) is 87.5 Å². The number of aromatic nitrogens is 2. The van der Waals surface area contributed by atoms with E-state index in [9.17, 15) is 9.90 Å². The van der Waals surface area contributed by atoms with Gasteiger partial charge in [0.2, 0.25) is 0 Å². The summed E-state index contributed by atoms with van der Waals surface area (Å²) in [5.41, 5.74) is 0.621. The van der Waals surface area contributed by atoms with E-state index in [1.807, 2.05) is 56.0 Å². The highest BCUT2D eigenvalue weighted by Gasteiger charge is 2.47. The number of likely N-dealkylation sites (tertiary alicyclic amines) is 1. The summed E-state index contributed by atoms with van der Waals surface area (Å²) < 4.78 is 29.1. The molecule has 9 nitrogen and oxygen atoms in total. The molecular formula is C39H46FN5O4. The standard InChI is InChI=1S/C39H46FN5O4/c1-24-8-7-17-43(24)22-39(15-16-39)23-48-36-41-34-31(14-13-30(33(34)40)32-19-28(46)18-25-9-5-6-10-29(25)32)35(42-36)44-20-26-11-12-27(21-44)45(26)37(47)49-38(2,3)4/h5-6,9-10,13-14,18-19,24,26-27,46H,7-8,11-12,15-17,20-23H2,1-4H3/t24-,26?,27?/m0/s1. The van der Waals surface area contributed by atoms with Crippen LogP contribution < -0.4 is 9.64 Å². The second kappa shape index (κ2) is 12.0. The van der Waals surface area contributed by atoms with E-state index in [2.05, 4.69) is 16.7 Å². The van der Waals surface area contributed by atoms with E-state index in [0.717, 1.165) is 49.5 Å². The van der Waals surface area contributed by atoms with Crippen LogP contribution in [-0.2, 0) is 4.74 Å². The van der Waals surface area contributed by atoms with Gasteiger partial charge in [-0.2, -0.15) is 9.97 Å². The number of anilines is 1. The number of carbonyl (C=O) groups is 1. The lowest BCUT2D eigenvalue weighted by molar-refractivity contribution is 0.0122. The van der Waals surface area contributed by atoms with Crippen LogP contribution in [0.2, 0.25) is 0 Å². The molecule has 4 aliphatic rings. The summed E-state index contributed by atoms with van der Waals surface area (Å²) in [6.45, 7) is 11.7. The van der Waals surface area contributed by atoms with E-state index in [1.54, 1.807) is 18.2 Å². The minimum absolute atomic E-state index is 0.0389. The molecule has 0 spiro atoms. The first-order valence-electron chi connectivity index (χ1n) is 17.8. The highest BCUT2D eigenvalue weighted by Crippen LogP contribution is 2.48. The third-order valence-electron chi connectivity index (χ3n) is 11.0. The van der Waals surface area contributed by atoms with Gasteiger partial charge in [-0.3, -0.25) is 9.80 Å². The zero-order valence-electron chi connectivity index (χ0n) is 28.9. The molecule has 3 aliphatic heterocycles. The van der Waals surface area contributed by atoms with Gasteiger partial charge in [0.1, 0.15) is 22.7 Å². The quantitative estimate of drug-likeness (QED) is 0.216. The smallest absolute Gasteiger partial charge is 0.410 e. The van der Waals surface area contributed by atoms with E-state index in [-0.39, 0.29) is 40.9 Å². The Morgan fingerprint density at radius 1 is 1.00 bits per heavy atom. The van der Waals surface area contributed by atoms with Crippen molar-refractivity contribution in [3.8, 4) is 22.9 Å². The average Bonchev–Trinajstić information content (AvgIpc) is 3.63. The van der Waals surface area contributed by atoms with Crippen LogP contribution in [0.4, 0.5) is 15.0 Å². The van der Waals surface area contributed by atoms with E-state index >= 15 is 4.39 Å². The van der Waals surface area contributed by atoms with Crippen molar-refractivity contribution in [1.29, 1.82) is 0 Å². The Kier molecular flexibility index (Phi) is 7.85. The zero-order valence-corrected chi connectivity index (χ0v) is 28.9. The van der Waals surface area contributed by atoms with Crippen molar-refractivity contribution in [2.75, 3.05) is 37.7 Å². The summed E-state index contributed by atoms with van der Waals surface area (Å²) in [4.78, 5) is 29.6. The topological polar surface area (TPSA) is 91.3 Å². The number of halogens is 1. The van der Waals surface area contributed by atoms with Gasteiger partial charge in [-0.05, 0) is 107 Å². The number of carbonyl (C=O) groups excluding carboxylic acids is 1. The first-order chi connectivity index (χ1) is 23.5. The normalized spacial score (nSPS) is 23.4. The Hall–Kier alpha value is -4.18. The minimum Gasteiger partial charge on any atom is -0.508 e. The molecule has 1 aliphatic carbocycles. The molecule has 49 heavy (non-hydrogen) atoms. The lowest BCUT2D eigenvalue weighted by atomic mass is 9.96. The fourth-order valence-corrected chi connectivity index (χ4v) is 8.25. The summed E-state index contributed by atoms with van der Waals surface area (Å²) in [6.07, 6.45) is 6.10. The van der Waals surface area contributed by atoms with Gasteiger partial charge in [0.15, 0.2) is 5.82 Å². The van der Waals surface area contributed by atoms with Gasteiger partial charge in [0, 0.05) is 42.0 Å². The number of rotatable bonds is 7. The van der Waals surface area contributed by atoms with E-state index in [4.69, 9.17) is 19.4 Å². The fraction of sp³-hybridized carbons (Fsp3) is 0.513. The predicted octanol–water partition coefficient (Wildman–Crippen LogP) is 7.53. The summed E-state index contributed by atoms with van der Waals surface area (Å²) >= 11 is 0. The number of benzene rings is 3. The molecule has 3 saturated heterocycles. The third kappa shape index (κ3) is 6.13. The molecule has 0 radical (unpaired) electrons. The number of ether oxygens (including phenoxy) is 2. The molecule has 4 fully saturated rings. The molecule has 3 aromatic carbocycles. The van der Waals surface area contributed by atoms with Crippen LogP contribution in [0.1, 0.15) is 66.2 Å². The molecule has 4 heterocycles. The second-order valence-electron chi connectivity index (χ2n) is 15.8. The van der Waals surface area contributed by atoms with Crippen LogP contribution >= 0.6 is 0 Å². The lowest BCUT2D eigenvalue weighted by Crippen LogP contribution is -2.57. The minimum atomic E-state index is -0.579. The van der Waals surface area contributed by atoms with Gasteiger partial charge < -0.3 is 19.5 Å². The number of hydrogen-bond donors (Lipinski definition) is 1. The number of aromatic hydroxyl groups is 1. The Balaban J connectivity index is 1.16. The Morgan fingerprint density at radius 2 is 1.76 bits per heavy atom. The molecule has 10 heteroatoms. The maximum Gasteiger partial charge on any atom is 0.410 e. The maximum atomic E-state index is 16.9. The molecule has 4 aromatic rings. The Morgan fingerprint density at radius 3 is 2.45 bits per heavy atom. The molecule has 1 N–H and O–H groups in total.